The molecule has 7 heteroatoms. The van der Waals surface area contributed by atoms with Crippen LogP contribution in [-0.4, -0.2) is 27.0 Å². The highest BCUT2D eigenvalue weighted by Crippen LogP contribution is 2.20. The number of fused-ring (bicyclic) bond motifs is 1. The predicted octanol–water partition coefficient (Wildman–Crippen LogP) is 2.81. The van der Waals surface area contributed by atoms with Gasteiger partial charge < -0.3 is 10.3 Å². The van der Waals surface area contributed by atoms with Crippen LogP contribution in [0.3, 0.4) is 0 Å². The summed E-state index contributed by atoms with van der Waals surface area (Å²) >= 11 is 1.52. The summed E-state index contributed by atoms with van der Waals surface area (Å²) in [6.45, 7) is 0.473. The highest BCUT2D eigenvalue weighted by Gasteiger charge is 2.08. The van der Waals surface area contributed by atoms with Crippen molar-refractivity contribution in [3.8, 4) is 10.6 Å². The molecule has 0 atom stereocenters. The van der Waals surface area contributed by atoms with Crippen LogP contribution in [0.2, 0.25) is 0 Å². The van der Waals surface area contributed by atoms with Crippen molar-refractivity contribution in [1.82, 2.24) is 19.9 Å². The van der Waals surface area contributed by atoms with Crippen molar-refractivity contribution >= 4 is 28.1 Å². The number of benzene rings is 1. The van der Waals surface area contributed by atoms with Crippen molar-refractivity contribution in [2.24, 2.45) is 0 Å². The van der Waals surface area contributed by atoms with Crippen LogP contribution in [0.4, 0.5) is 0 Å². The van der Waals surface area contributed by atoms with Crippen LogP contribution in [0.5, 0.6) is 0 Å². The number of amides is 1. The third-order valence-electron chi connectivity index (χ3n) is 4.36. The minimum absolute atomic E-state index is 0.0373. The van der Waals surface area contributed by atoms with Crippen LogP contribution in [-0.2, 0) is 17.8 Å². The maximum atomic E-state index is 12.2. The predicted molar refractivity (Wildman–Crippen MR) is 107 cm³/mol. The number of aromatic nitrogens is 3. The fraction of sp³-hybridized carbons (Fsp3) is 0.150. The van der Waals surface area contributed by atoms with Gasteiger partial charge in [0.2, 0.25) is 5.91 Å². The summed E-state index contributed by atoms with van der Waals surface area (Å²) in [6, 6.07) is 13.4. The maximum absolute atomic E-state index is 12.2. The van der Waals surface area contributed by atoms with Gasteiger partial charge in [-0.15, -0.1) is 11.3 Å². The maximum Gasteiger partial charge on any atom is 0.254 e. The standard InChI is InChI=1S/C20H18N4O2S/c25-19(21-8-7-14-11-22-16-5-2-1-4-15(14)16)12-24-13-23-17(10-20(24)26)18-6-3-9-27-18/h1-6,9-11,13,22H,7-8,12H2,(H,21,25). The lowest BCUT2D eigenvalue weighted by molar-refractivity contribution is -0.121. The van der Waals surface area contributed by atoms with Gasteiger partial charge in [0.15, 0.2) is 0 Å². The molecule has 1 aromatic carbocycles. The Morgan fingerprint density at radius 2 is 2.11 bits per heavy atom. The van der Waals surface area contributed by atoms with Crippen LogP contribution in [0.25, 0.3) is 21.5 Å². The Morgan fingerprint density at radius 3 is 2.93 bits per heavy atom. The molecule has 0 bridgehead atoms. The van der Waals surface area contributed by atoms with Crippen molar-refractivity contribution in [2.75, 3.05) is 6.54 Å². The number of H-pyrrole nitrogens is 1. The van der Waals surface area contributed by atoms with Gasteiger partial charge in [-0.05, 0) is 29.5 Å². The number of hydrogen-bond acceptors (Lipinski definition) is 4. The fourth-order valence-corrected chi connectivity index (χ4v) is 3.68. The summed E-state index contributed by atoms with van der Waals surface area (Å²) in [5, 5.41) is 5.96. The second-order valence-electron chi connectivity index (χ2n) is 6.18. The topological polar surface area (TPSA) is 79.8 Å². The molecule has 136 valence electrons. The van der Waals surface area contributed by atoms with E-state index in [9.17, 15) is 9.59 Å². The average Bonchev–Trinajstić information content (AvgIpc) is 3.34. The first-order valence-electron chi connectivity index (χ1n) is 8.63. The van der Waals surface area contributed by atoms with Crippen molar-refractivity contribution in [3.05, 3.63) is 76.3 Å². The van der Waals surface area contributed by atoms with Crippen LogP contribution in [0.1, 0.15) is 5.56 Å². The molecule has 2 N–H and O–H groups in total. The van der Waals surface area contributed by atoms with E-state index in [1.807, 2.05) is 41.9 Å². The number of aromatic amines is 1. The van der Waals surface area contributed by atoms with E-state index < -0.39 is 0 Å². The number of nitrogens with zero attached hydrogens (tertiary/aromatic N) is 2. The molecule has 0 saturated carbocycles. The average molecular weight is 378 g/mol. The molecule has 0 aliphatic carbocycles. The van der Waals surface area contributed by atoms with Gasteiger partial charge in [0.25, 0.3) is 5.56 Å². The molecule has 1 amide bonds. The Labute approximate surface area is 159 Å². The van der Waals surface area contributed by atoms with E-state index in [1.165, 1.54) is 28.3 Å². The van der Waals surface area contributed by atoms with Crippen LogP contribution < -0.4 is 10.9 Å². The van der Waals surface area contributed by atoms with Gasteiger partial charge in [-0.2, -0.15) is 0 Å². The number of nitrogens with one attached hydrogen (secondary N) is 2. The fourth-order valence-electron chi connectivity index (χ4n) is 2.99. The lowest BCUT2D eigenvalue weighted by atomic mass is 10.1. The van der Waals surface area contributed by atoms with Gasteiger partial charge in [-0.25, -0.2) is 4.98 Å². The second kappa shape index (κ2) is 7.59. The first kappa shape index (κ1) is 17.2. The number of para-hydroxylation sites is 1. The van der Waals surface area contributed by atoms with Gasteiger partial charge in [0.1, 0.15) is 6.54 Å². The van der Waals surface area contributed by atoms with Crippen molar-refractivity contribution in [1.29, 1.82) is 0 Å². The summed E-state index contributed by atoms with van der Waals surface area (Å²) < 4.78 is 1.32. The molecule has 3 heterocycles. The zero-order valence-electron chi connectivity index (χ0n) is 14.5. The summed E-state index contributed by atoms with van der Waals surface area (Å²) in [4.78, 5) is 32.8. The SMILES string of the molecule is O=C(Cn1cnc(-c2cccs2)cc1=O)NCCc1c[nH]c2ccccc12. The third kappa shape index (κ3) is 3.83. The quantitative estimate of drug-likeness (QED) is 0.541. The van der Waals surface area contributed by atoms with Crippen molar-refractivity contribution in [3.63, 3.8) is 0 Å². The Morgan fingerprint density at radius 1 is 1.22 bits per heavy atom. The highest BCUT2D eigenvalue weighted by atomic mass is 32.1. The summed E-state index contributed by atoms with van der Waals surface area (Å²) in [5.41, 5.74) is 2.64. The van der Waals surface area contributed by atoms with Crippen LogP contribution in [0.15, 0.2) is 65.2 Å². The molecule has 4 rings (SSSR count). The molecular weight excluding hydrogens is 360 g/mol. The smallest absolute Gasteiger partial charge is 0.254 e. The van der Waals surface area contributed by atoms with Gasteiger partial charge in [-0.1, -0.05) is 24.3 Å². The summed E-state index contributed by atoms with van der Waals surface area (Å²) in [7, 11) is 0. The molecule has 0 unspecified atom stereocenters. The molecule has 0 saturated heterocycles. The molecule has 27 heavy (non-hydrogen) atoms. The largest absolute Gasteiger partial charge is 0.361 e. The van der Waals surface area contributed by atoms with Crippen molar-refractivity contribution in [2.45, 2.75) is 13.0 Å². The van der Waals surface area contributed by atoms with E-state index >= 15 is 0 Å². The van der Waals surface area contributed by atoms with Crippen LogP contribution in [0, 0.1) is 0 Å². The van der Waals surface area contributed by atoms with E-state index in [-0.39, 0.29) is 18.0 Å². The zero-order valence-corrected chi connectivity index (χ0v) is 15.3. The van der Waals surface area contributed by atoms with Crippen LogP contribution >= 0.6 is 11.3 Å². The van der Waals surface area contributed by atoms with E-state index in [0.717, 1.165) is 27.8 Å². The summed E-state index contributed by atoms with van der Waals surface area (Å²) in [5.74, 6) is -0.206. The number of carbonyl (C=O) groups excluding carboxylic acids is 1. The Hall–Kier alpha value is -3.19. The first-order chi connectivity index (χ1) is 13.2. The van der Waals surface area contributed by atoms with Crippen molar-refractivity contribution < 1.29 is 4.79 Å². The Bertz CT molecular complexity index is 1130. The lowest BCUT2D eigenvalue weighted by Crippen LogP contribution is -2.33. The number of hydrogen-bond donors (Lipinski definition) is 2. The minimum Gasteiger partial charge on any atom is -0.361 e. The van der Waals surface area contributed by atoms with Gasteiger partial charge >= 0.3 is 0 Å². The van der Waals surface area contributed by atoms with Gasteiger partial charge in [0, 0.05) is 29.7 Å². The molecule has 0 fully saturated rings. The number of carbonyl (C=O) groups is 1. The Balaban J connectivity index is 1.35. The highest BCUT2D eigenvalue weighted by molar-refractivity contribution is 7.13. The molecule has 0 spiro atoms. The van der Waals surface area contributed by atoms with E-state index in [1.54, 1.807) is 0 Å². The molecule has 0 aliphatic heterocycles. The monoisotopic (exact) mass is 378 g/mol. The molecule has 3 aromatic heterocycles. The summed E-state index contributed by atoms with van der Waals surface area (Å²) in [6.07, 6.45) is 4.12. The Kier molecular flexibility index (Phi) is 4.84. The first-order valence-corrected chi connectivity index (χ1v) is 9.51. The van der Waals surface area contributed by atoms with E-state index in [0.29, 0.717) is 12.2 Å². The molecule has 0 radical (unpaired) electrons. The normalized spacial score (nSPS) is 11.0. The molecule has 4 aromatic rings. The second-order valence-corrected chi connectivity index (χ2v) is 7.12. The molecule has 0 aliphatic rings. The molecule has 6 nitrogen and oxygen atoms in total. The lowest BCUT2D eigenvalue weighted by Gasteiger charge is -2.07. The van der Waals surface area contributed by atoms with Gasteiger partial charge in [0.05, 0.1) is 16.9 Å². The minimum atomic E-state index is -0.236. The van der Waals surface area contributed by atoms with E-state index in [2.05, 4.69) is 21.4 Å². The van der Waals surface area contributed by atoms with E-state index in [4.69, 9.17) is 0 Å². The molecular formula is C20H18N4O2S. The van der Waals surface area contributed by atoms with Gasteiger partial charge in [-0.3, -0.25) is 14.2 Å². The number of rotatable bonds is 6. The number of thiophene rings is 1. The zero-order chi connectivity index (χ0) is 18.6. The third-order valence-corrected chi connectivity index (χ3v) is 5.25.